The van der Waals surface area contributed by atoms with Gasteiger partial charge in [-0.25, -0.2) is 8.78 Å². The van der Waals surface area contributed by atoms with Crippen LogP contribution >= 0.6 is 0 Å². The number of aromatic nitrogens is 2. The molecule has 10 heteroatoms. The van der Waals surface area contributed by atoms with Crippen molar-refractivity contribution in [1.29, 1.82) is 0 Å². The van der Waals surface area contributed by atoms with Gasteiger partial charge in [-0.1, -0.05) is 0 Å². The molecule has 1 atom stereocenters. The van der Waals surface area contributed by atoms with Crippen LogP contribution in [0.25, 0.3) is 0 Å². The van der Waals surface area contributed by atoms with Crippen molar-refractivity contribution in [1.82, 2.24) is 18.8 Å². The van der Waals surface area contributed by atoms with Crippen LogP contribution in [0.3, 0.4) is 0 Å². The quantitative estimate of drug-likeness (QED) is 0.770. The Morgan fingerprint density at radius 3 is 2.78 bits per heavy atom. The second-order valence-electron chi connectivity index (χ2n) is 6.63. The summed E-state index contributed by atoms with van der Waals surface area (Å²) in [6.45, 7) is 1.14. The van der Waals surface area contributed by atoms with Crippen LogP contribution in [0.1, 0.15) is 23.7 Å². The fourth-order valence-electron chi connectivity index (χ4n) is 2.97. The van der Waals surface area contributed by atoms with E-state index < -0.39 is 21.8 Å². The molecule has 1 unspecified atom stereocenters. The monoisotopic (exact) mass is 400 g/mol. The van der Waals surface area contributed by atoms with E-state index in [4.69, 9.17) is 4.74 Å². The van der Waals surface area contributed by atoms with Gasteiger partial charge in [0.15, 0.2) is 11.6 Å². The van der Waals surface area contributed by atoms with Crippen LogP contribution in [0.5, 0.6) is 5.75 Å². The van der Waals surface area contributed by atoms with E-state index in [1.807, 2.05) is 6.07 Å². The molecule has 0 aliphatic carbocycles. The maximum Gasteiger partial charge on any atom is 0.281 e. The first-order valence-corrected chi connectivity index (χ1v) is 9.96. The summed E-state index contributed by atoms with van der Waals surface area (Å²) in [5, 5.41) is 7.21. The van der Waals surface area contributed by atoms with E-state index in [1.54, 1.807) is 0 Å². The van der Waals surface area contributed by atoms with Crippen molar-refractivity contribution in [3.05, 3.63) is 47.3 Å². The largest absolute Gasteiger partial charge is 0.493 e. The van der Waals surface area contributed by atoms with Gasteiger partial charge in [-0.15, -0.1) is 0 Å². The van der Waals surface area contributed by atoms with Crippen LogP contribution in [0.15, 0.2) is 24.3 Å². The smallest absolute Gasteiger partial charge is 0.281 e. The highest BCUT2D eigenvalue weighted by molar-refractivity contribution is 7.86. The number of hydrogen-bond acceptors (Lipinski definition) is 4. The Morgan fingerprint density at radius 1 is 1.30 bits per heavy atom. The van der Waals surface area contributed by atoms with E-state index in [0.29, 0.717) is 25.9 Å². The van der Waals surface area contributed by atoms with Gasteiger partial charge in [-0.2, -0.15) is 22.1 Å². The Hall–Kier alpha value is -2.04. The van der Waals surface area contributed by atoms with Crippen molar-refractivity contribution >= 4 is 10.2 Å². The van der Waals surface area contributed by atoms with Crippen LogP contribution in [-0.4, -0.2) is 61.0 Å². The summed E-state index contributed by atoms with van der Waals surface area (Å²) < 4.78 is 58.5. The molecule has 1 aliphatic rings. The summed E-state index contributed by atoms with van der Waals surface area (Å²) in [5.74, 6) is -1.57. The first-order valence-electron chi connectivity index (χ1n) is 8.57. The summed E-state index contributed by atoms with van der Waals surface area (Å²) in [4.78, 5) is 0. The molecule has 1 aromatic heterocycles. The maximum absolute atomic E-state index is 13.1. The number of aromatic amines is 1. The zero-order valence-corrected chi connectivity index (χ0v) is 16.0. The van der Waals surface area contributed by atoms with Gasteiger partial charge in [0.2, 0.25) is 0 Å². The molecule has 1 N–H and O–H groups in total. The molecular formula is C17H22F2N4O3S. The predicted octanol–water partition coefficient (Wildman–Crippen LogP) is 1.91. The topological polar surface area (TPSA) is 78.5 Å². The van der Waals surface area contributed by atoms with Crippen molar-refractivity contribution in [3.8, 4) is 5.75 Å². The van der Waals surface area contributed by atoms with Crippen molar-refractivity contribution in [2.45, 2.75) is 18.8 Å². The number of nitrogens with zero attached hydrogens (tertiary/aromatic N) is 3. The Labute approximate surface area is 157 Å². The van der Waals surface area contributed by atoms with Crippen molar-refractivity contribution in [2.75, 3.05) is 33.8 Å². The molecule has 1 aliphatic heterocycles. The minimum Gasteiger partial charge on any atom is -0.493 e. The number of rotatable bonds is 7. The third-order valence-corrected chi connectivity index (χ3v) is 6.45. The highest BCUT2D eigenvalue weighted by Gasteiger charge is 2.34. The number of nitrogens with one attached hydrogen (secondary N) is 1. The first-order chi connectivity index (χ1) is 12.8. The van der Waals surface area contributed by atoms with Gasteiger partial charge >= 0.3 is 0 Å². The van der Waals surface area contributed by atoms with Crippen LogP contribution in [-0.2, 0) is 16.6 Å². The van der Waals surface area contributed by atoms with E-state index >= 15 is 0 Å². The predicted molar refractivity (Wildman–Crippen MR) is 95.7 cm³/mol. The minimum atomic E-state index is -3.41. The van der Waals surface area contributed by atoms with Gasteiger partial charge in [0.05, 0.1) is 12.3 Å². The van der Waals surface area contributed by atoms with Gasteiger partial charge < -0.3 is 4.74 Å². The molecule has 148 valence electrons. The molecule has 0 saturated carbocycles. The molecule has 1 saturated heterocycles. The average Bonchev–Trinajstić information content (AvgIpc) is 3.27. The molecule has 0 amide bonds. The van der Waals surface area contributed by atoms with E-state index in [0.717, 1.165) is 23.5 Å². The molecule has 0 bridgehead atoms. The number of H-pyrrole nitrogens is 1. The van der Waals surface area contributed by atoms with Crippen molar-refractivity contribution < 1.29 is 21.9 Å². The number of ether oxygens (including phenoxy) is 1. The highest BCUT2D eigenvalue weighted by atomic mass is 32.2. The molecule has 0 spiro atoms. The molecule has 2 aromatic rings. The number of benzene rings is 1. The third kappa shape index (κ3) is 4.45. The SMILES string of the molecule is CN(C)S(=O)(=O)N1CCC(c2cc(CCOc3ccc(F)c(F)c3)[nH]n2)C1. The zero-order chi connectivity index (χ0) is 19.6. The average molecular weight is 400 g/mol. The third-order valence-electron chi connectivity index (χ3n) is 4.54. The minimum absolute atomic E-state index is 0.0387. The maximum atomic E-state index is 13.1. The lowest BCUT2D eigenvalue weighted by atomic mass is 10.0. The summed E-state index contributed by atoms with van der Waals surface area (Å²) in [6.07, 6.45) is 1.22. The fraction of sp³-hybridized carbons (Fsp3) is 0.471. The molecule has 1 fully saturated rings. The Balaban J connectivity index is 1.54. The molecule has 7 nitrogen and oxygen atoms in total. The van der Waals surface area contributed by atoms with Crippen molar-refractivity contribution in [2.24, 2.45) is 0 Å². The molecular weight excluding hydrogens is 378 g/mol. The zero-order valence-electron chi connectivity index (χ0n) is 15.2. The van der Waals surface area contributed by atoms with Crippen LogP contribution in [0.4, 0.5) is 8.78 Å². The lowest BCUT2D eigenvalue weighted by molar-refractivity contribution is 0.317. The number of hydrogen-bond donors (Lipinski definition) is 1. The molecule has 0 radical (unpaired) electrons. The molecule has 3 rings (SSSR count). The normalized spacial score (nSPS) is 18.3. The Bertz CT molecular complexity index is 901. The fourth-order valence-corrected chi connectivity index (χ4v) is 4.14. The standard InChI is InChI=1S/C17H22F2N4O3S/c1-22(2)27(24,25)23-7-5-12(11-23)17-9-13(20-21-17)6-8-26-14-3-4-15(18)16(19)10-14/h3-4,9-10,12H,5-8,11H2,1-2H3,(H,20,21). The number of halogens is 2. The highest BCUT2D eigenvalue weighted by Crippen LogP contribution is 2.28. The second kappa shape index (κ2) is 7.91. The van der Waals surface area contributed by atoms with Crippen LogP contribution < -0.4 is 4.74 Å². The lowest BCUT2D eigenvalue weighted by Gasteiger charge is -2.20. The summed E-state index contributed by atoms with van der Waals surface area (Å²) in [5.41, 5.74) is 1.65. The van der Waals surface area contributed by atoms with E-state index in [2.05, 4.69) is 10.2 Å². The van der Waals surface area contributed by atoms with E-state index in [9.17, 15) is 17.2 Å². The van der Waals surface area contributed by atoms with Gasteiger partial charge in [0.1, 0.15) is 5.75 Å². The second-order valence-corrected chi connectivity index (χ2v) is 8.77. The summed E-state index contributed by atoms with van der Waals surface area (Å²) in [6, 6.07) is 5.29. The summed E-state index contributed by atoms with van der Waals surface area (Å²) in [7, 11) is -0.378. The molecule has 2 heterocycles. The van der Waals surface area contributed by atoms with E-state index in [1.165, 1.54) is 28.8 Å². The Kier molecular flexibility index (Phi) is 5.78. The lowest BCUT2D eigenvalue weighted by Crippen LogP contribution is -2.38. The molecule has 27 heavy (non-hydrogen) atoms. The van der Waals surface area contributed by atoms with Gasteiger partial charge in [0.25, 0.3) is 10.2 Å². The van der Waals surface area contributed by atoms with Gasteiger partial charge in [-0.3, -0.25) is 5.10 Å². The van der Waals surface area contributed by atoms with Crippen LogP contribution in [0.2, 0.25) is 0 Å². The van der Waals surface area contributed by atoms with E-state index in [-0.39, 0.29) is 18.3 Å². The summed E-state index contributed by atoms with van der Waals surface area (Å²) >= 11 is 0. The van der Waals surface area contributed by atoms with Gasteiger partial charge in [0, 0.05) is 51.3 Å². The van der Waals surface area contributed by atoms with Crippen LogP contribution in [0, 0.1) is 11.6 Å². The molecule has 1 aromatic carbocycles. The van der Waals surface area contributed by atoms with Crippen molar-refractivity contribution in [3.63, 3.8) is 0 Å². The Morgan fingerprint density at radius 2 is 2.07 bits per heavy atom. The van der Waals surface area contributed by atoms with Gasteiger partial charge in [-0.05, 0) is 24.6 Å². The first kappa shape index (κ1) is 19.7.